The summed E-state index contributed by atoms with van der Waals surface area (Å²) in [6.45, 7) is 5.43. The highest BCUT2D eigenvalue weighted by molar-refractivity contribution is 4.89. The molecule has 2 fully saturated rings. The Morgan fingerprint density at radius 1 is 1.22 bits per heavy atom. The standard InChI is InChI=1S/C15H29NO2/c1-3-12-6-7-15(17)14(9-12)16-8-4-5-13(10-16)11-18-2/h12-15,17H,3-11H2,1-2H3. The molecule has 1 saturated carbocycles. The van der Waals surface area contributed by atoms with Crippen molar-refractivity contribution in [2.75, 3.05) is 26.8 Å². The fourth-order valence-electron chi connectivity index (χ4n) is 3.75. The van der Waals surface area contributed by atoms with E-state index in [0.717, 1.165) is 25.5 Å². The van der Waals surface area contributed by atoms with Crippen molar-refractivity contribution in [2.24, 2.45) is 11.8 Å². The van der Waals surface area contributed by atoms with E-state index < -0.39 is 0 Å². The molecular formula is C15H29NO2. The van der Waals surface area contributed by atoms with Gasteiger partial charge in [-0.25, -0.2) is 0 Å². The molecule has 3 nitrogen and oxygen atoms in total. The van der Waals surface area contributed by atoms with Crippen LogP contribution in [-0.2, 0) is 4.74 Å². The lowest BCUT2D eigenvalue weighted by Gasteiger charge is -2.44. The van der Waals surface area contributed by atoms with Crippen molar-refractivity contribution in [3.8, 4) is 0 Å². The van der Waals surface area contributed by atoms with Crippen LogP contribution in [0.2, 0.25) is 0 Å². The number of hydrogen-bond donors (Lipinski definition) is 1. The Hall–Kier alpha value is -0.120. The number of aliphatic hydroxyl groups excluding tert-OH is 1. The van der Waals surface area contributed by atoms with Crippen molar-refractivity contribution in [1.82, 2.24) is 4.90 Å². The van der Waals surface area contributed by atoms with Gasteiger partial charge in [0.2, 0.25) is 0 Å². The third-order valence-corrected chi connectivity index (χ3v) is 4.89. The molecule has 1 aliphatic carbocycles. The Balaban J connectivity index is 1.91. The van der Waals surface area contributed by atoms with Gasteiger partial charge in [-0.05, 0) is 50.5 Å². The average molecular weight is 255 g/mol. The summed E-state index contributed by atoms with van der Waals surface area (Å²) in [5, 5.41) is 10.3. The smallest absolute Gasteiger partial charge is 0.0695 e. The molecule has 3 heteroatoms. The molecule has 0 amide bonds. The minimum atomic E-state index is -0.103. The van der Waals surface area contributed by atoms with Crippen molar-refractivity contribution in [3.63, 3.8) is 0 Å². The fraction of sp³-hybridized carbons (Fsp3) is 1.00. The molecule has 1 N–H and O–H groups in total. The summed E-state index contributed by atoms with van der Waals surface area (Å²) in [7, 11) is 1.79. The molecule has 0 aromatic rings. The van der Waals surface area contributed by atoms with Crippen LogP contribution in [0.3, 0.4) is 0 Å². The van der Waals surface area contributed by atoms with Gasteiger partial charge in [0, 0.05) is 19.7 Å². The largest absolute Gasteiger partial charge is 0.391 e. The summed E-state index contributed by atoms with van der Waals surface area (Å²) in [5.74, 6) is 1.49. The Kier molecular flexibility index (Phi) is 5.46. The number of hydrogen-bond acceptors (Lipinski definition) is 3. The summed E-state index contributed by atoms with van der Waals surface area (Å²) in [4.78, 5) is 2.54. The van der Waals surface area contributed by atoms with E-state index >= 15 is 0 Å². The zero-order valence-corrected chi connectivity index (χ0v) is 12.0. The van der Waals surface area contributed by atoms with Gasteiger partial charge in [-0.15, -0.1) is 0 Å². The van der Waals surface area contributed by atoms with E-state index in [1.807, 2.05) is 0 Å². The number of nitrogens with zero attached hydrogens (tertiary/aromatic N) is 1. The molecule has 1 heterocycles. The van der Waals surface area contributed by atoms with Crippen LogP contribution in [0.25, 0.3) is 0 Å². The van der Waals surface area contributed by atoms with Gasteiger partial charge in [-0.2, -0.15) is 0 Å². The Labute approximate surface area is 112 Å². The van der Waals surface area contributed by atoms with Gasteiger partial charge in [-0.1, -0.05) is 13.3 Å². The van der Waals surface area contributed by atoms with E-state index in [1.165, 1.54) is 38.6 Å². The summed E-state index contributed by atoms with van der Waals surface area (Å²) in [6.07, 6.45) is 7.10. The Morgan fingerprint density at radius 3 is 2.78 bits per heavy atom. The Morgan fingerprint density at radius 2 is 2.06 bits per heavy atom. The lowest BCUT2D eigenvalue weighted by Crippen LogP contribution is -2.51. The van der Waals surface area contributed by atoms with Crippen molar-refractivity contribution in [3.05, 3.63) is 0 Å². The van der Waals surface area contributed by atoms with Gasteiger partial charge >= 0.3 is 0 Å². The molecular weight excluding hydrogens is 226 g/mol. The maximum atomic E-state index is 10.3. The van der Waals surface area contributed by atoms with Gasteiger partial charge in [0.25, 0.3) is 0 Å². The third kappa shape index (κ3) is 3.46. The van der Waals surface area contributed by atoms with Crippen LogP contribution < -0.4 is 0 Å². The van der Waals surface area contributed by atoms with Gasteiger partial charge in [-0.3, -0.25) is 4.90 Å². The van der Waals surface area contributed by atoms with Gasteiger partial charge < -0.3 is 9.84 Å². The number of aliphatic hydroxyl groups is 1. The molecule has 0 radical (unpaired) electrons. The summed E-state index contributed by atoms with van der Waals surface area (Å²) >= 11 is 0. The lowest BCUT2D eigenvalue weighted by atomic mass is 9.80. The lowest BCUT2D eigenvalue weighted by molar-refractivity contribution is -0.0229. The predicted octanol–water partition coefficient (Wildman–Crippen LogP) is 2.28. The molecule has 2 rings (SSSR count). The highest BCUT2D eigenvalue weighted by atomic mass is 16.5. The molecule has 4 atom stereocenters. The van der Waals surface area contributed by atoms with Crippen LogP contribution in [0.15, 0.2) is 0 Å². The zero-order chi connectivity index (χ0) is 13.0. The summed E-state index contributed by atoms with van der Waals surface area (Å²) in [6, 6.07) is 0.406. The van der Waals surface area contributed by atoms with Gasteiger partial charge in [0.15, 0.2) is 0 Å². The molecule has 4 unspecified atom stereocenters. The van der Waals surface area contributed by atoms with E-state index in [2.05, 4.69) is 11.8 Å². The van der Waals surface area contributed by atoms with Crippen LogP contribution in [-0.4, -0.2) is 49.0 Å². The van der Waals surface area contributed by atoms with E-state index in [9.17, 15) is 5.11 Å². The zero-order valence-electron chi connectivity index (χ0n) is 12.0. The minimum absolute atomic E-state index is 0.103. The first-order valence-electron chi connectivity index (χ1n) is 7.65. The molecule has 0 spiro atoms. The maximum Gasteiger partial charge on any atom is 0.0695 e. The fourth-order valence-corrected chi connectivity index (χ4v) is 3.75. The highest BCUT2D eigenvalue weighted by Gasteiger charge is 2.34. The van der Waals surface area contributed by atoms with Crippen molar-refractivity contribution >= 4 is 0 Å². The number of methoxy groups -OCH3 is 1. The first kappa shape index (κ1) is 14.3. The Bertz CT molecular complexity index is 245. The molecule has 2 aliphatic rings. The number of rotatable bonds is 4. The van der Waals surface area contributed by atoms with Crippen molar-refractivity contribution in [1.29, 1.82) is 0 Å². The summed E-state index contributed by atoms with van der Waals surface area (Å²) < 4.78 is 5.30. The molecule has 0 aromatic heterocycles. The number of likely N-dealkylation sites (tertiary alicyclic amines) is 1. The topological polar surface area (TPSA) is 32.7 Å². The van der Waals surface area contributed by atoms with E-state index in [4.69, 9.17) is 4.74 Å². The number of piperidine rings is 1. The van der Waals surface area contributed by atoms with Crippen molar-refractivity contribution in [2.45, 2.75) is 57.6 Å². The minimum Gasteiger partial charge on any atom is -0.391 e. The van der Waals surface area contributed by atoms with Crippen LogP contribution in [0, 0.1) is 11.8 Å². The van der Waals surface area contributed by atoms with Crippen molar-refractivity contribution < 1.29 is 9.84 Å². The molecule has 18 heavy (non-hydrogen) atoms. The highest BCUT2D eigenvalue weighted by Crippen LogP contribution is 2.32. The second-order valence-corrected chi connectivity index (χ2v) is 6.18. The second-order valence-electron chi connectivity index (χ2n) is 6.18. The normalized spacial score (nSPS) is 38.8. The van der Waals surface area contributed by atoms with Crippen LogP contribution >= 0.6 is 0 Å². The number of ether oxygens (including phenoxy) is 1. The average Bonchev–Trinajstić information content (AvgIpc) is 2.40. The van der Waals surface area contributed by atoms with Crippen LogP contribution in [0.4, 0.5) is 0 Å². The van der Waals surface area contributed by atoms with E-state index in [-0.39, 0.29) is 6.10 Å². The molecule has 0 bridgehead atoms. The van der Waals surface area contributed by atoms with Crippen LogP contribution in [0.5, 0.6) is 0 Å². The quantitative estimate of drug-likeness (QED) is 0.836. The van der Waals surface area contributed by atoms with Gasteiger partial charge in [0.05, 0.1) is 12.7 Å². The monoisotopic (exact) mass is 255 g/mol. The molecule has 0 aromatic carbocycles. The predicted molar refractivity (Wildman–Crippen MR) is 73.6 cm³/mol. The summed E-state index contributed by atoms with van der Waals surface area (Å²) in [5.41, 5.74) is 0. The first-order chi connectivity index (χ1) is 8.74. The second kappa shape index (κ2) is 6.88. The first-order valence-corrected chi connectivity index (χ1v) is 7.65. The molecule has 1 saturated heterocycles. The van der Waals surface area contributed by atoms with Crippen LogP contribution in [0.1, 0.15) is 45.4 Å². The molecule has 1 aliphatic heterocycles. The SMILES string of the molecule is CCC1CCC(O)C(N2CCCC(COC)C2)C1. The van der Waals surface area contributed by atoms with Gasteiger partial charge in [0.1, 0.15) is 0 Å². The third-order valence-electron chi connectivity index (χ3n) is 4.89. The van der Waals surface area contributed by atoms with E-state index in [0.29, 0.717) is 12.0 Å². The van der Waals surface area contributed by atoms with E-state index in [1.54, 1.807) is 7.11 Å². The molecule has 106 valence electrons. The maximum absolute atomic E-state index is 10.3.